The number of hydrogen-bond donors (Lipinski definition) is 2. The Labute approximate surface area is 189 Å². The van der Waals surface area contributed by atoms with E-state index in [1.807, 2.05) is 17.0 Å². The normalized spacial score (nSPS) is 23.8. The van der Waals surface area contributed by atoms with E-state index in [2.05, 4.69) is 33.9 Å². The molecule has 2 saturated heterocycles. The number of carbonyl (C=O) groups is 1. The van der Waals surface area contributed by atoms with Gasteiger partial charge in [0.25, 0.3) is 5.91 Å². The molecule has 2 N–H and O–H groups in total. The van der Waals surface area contributed by atoms with Crippen molar-refractivity contribution >= 4 is 5.91 Å². The van der Waals surface area contributed by atoms with Gasteiger partial charge in [0.1, 0.15) is 5.60 Å². The van der Waals surface area contributed by atoms with E-state index in [-0.39, 0.29) is 30.5 Å². The van der Waals surface area contributed by atoms with Crippen molar-refractivity contribution in [3.05, 3.63) is 65.5 Å². The monoisotopic (exact) mass is 433 g/mol. The highest BCUT2D eigenvalue weighted by molar-refractivity contribution is 5.94. The standard InChI is InChI=1S/C26H31N3O3/c1-26(2,32)12-9-19-5-7-20(8-6-19)24-22-17-28(25(31)21-10-13-27-14-11-21)15-3-4-16-29(22)23(24)18-30/h5-8,10-11,13-14,22-24,30,32H,3-4,15-18H2,1-2H3/t22-,23-,24+/m0/s1. The zero-order chi connectivity index (χ0) is 22.7. The highest BCUT2D eigenvalue weighted by Crippen LogP contribution is 2.42. The molecule has 3 heterocycles. The van der Waals surface area contributed by atoms with Crippen LogP contribution in [0.5, 0.6) is 0 Å². The van der Waals surface area contributed by atoms with Crippen LogP contribution >= 0.6 is 0 Å². The van der Waals surface area contributed by atoms with Gasteiger partial charge in [-0.15, -0.1) is 0 Å². The number of nitrogens with zero attached hydrogens (tertiary/aromatic N) is 3. The van der Waals surface area contributed by atoms with Crippen LogP contribution in [-0.2, 0) is 0 Å². The van der Waals surface area contributed by atoms with Crippen LogP contribution in [0.4, 0.5) is 0 Å². The Balaban J connectivity index is 1.55. The minimum absolute atomic E-state index is 0.0395. The highest BCUT2D eigenvalue weighted by atomic mass is 16.3. The summed E-state index contributed by atoms with van der Waals surface area (Å²) in [6.07, 6.45) is 5.27. The first kappa shape index (κ1) is 22.5. The molecule has 2 aliphatic heterocycles. The molecule has 2 aliphatic rings. The van der Waals surface area contributed by atoms with Gasteiger partial charge in [-0.05, 0) is 63.1 Å². The van der Waals surface area contributed by atoms with E-state index in [1.54, 1.807) is 38.4 Å². The molecule has 4 rings (SSSR count). The smallest absolute Gasteiger partial charge is 0.254 e. The Morgan fingerprint density at radius 3 is 2.47 bits per heavy atom. The van der Waals surface area contributed by atoms with Crippen LogP contribution in [0.2, 0.25) is 0 Å². The van der Waals surface area contributed by atoms with Crippen molar-refractivity contribution in [3.8, 4) is 11.8 Å². The van der Waals surface area contributed by atoms with Crippen LogP contribution in [0, 0.1) is 11.8 Å². The molecule has 168 valence electrons. The number of carbonyl (C=O) groups excluding carboxylic acids is 1. The number of aliphatic hydroxyl groups is 2. The second kappa shape index (κ2) is 9.41. The summed E-state index contributed by atoms with van der Waals surface area (Å²) in [4.78, 5) is 21.5. The molecule has 0 bridgehead atoms. The van der Waals surface area contributed by atoms with Crippen LogP contribution in [0.3, 0.4) is 0 Å². The molecular formula is C26H31N3O3. The number of hydrogen-bond acceptors (Lipinski definition) is 5. The van der Waals surface area contributed by atoms with Crippen molar-refractivity contribution < 1.29 is 15.0 Å². The quantitative estimate of drug-likeness (QED) is 0.727. The van der Waals surface area contributed by atoms with Crippen molar-refractivity contribution in [1.29, 1.82) is 0 Å². The summed E-state index contributed by atoms with van der Waals surface area (Å²) in [6, 6.07) is 11.8. The van der Waals surface area contributed by atoms with Crippen molar-refractivity contribution in [2.75, 3.05) is 26.2 Å². The van der Waals surface area contributed by atoms with Gasteiger partial charge < -0.3 is 15.1 Å². The molecule has 3 atom stereocenters. The number of amides is 1. The lowest BCUT2D eigenvalue weighted by atomic mass is 9.74. The largest absolute Gasteiger partial charge is 0.395 e. The molecular weight excluding hydrogens is 402 g/mol. The maximum atomic E-state index is 13.1. The van der Waals surface area contributed by atoms with Crippen LogP contribution < -0.4 is 0 Å². The summed E-state index contributed by atoms with van der Waals surface area (Å²) in [5.41, 5.74) is 1.63. The van der Waals surface area contributed by atoms with E-state index in [0.29, 0.717) is 12.1 Å². The lowest BCUT2D eigenvalue weighted by Gasteiger charge is -2.57. The second-order valence-corrected chi connectivity index (χ2v) is 9.21. The van der Waals surface area contributed by atoms with Gasteiger partial charge in [0.15, 0.2) is 0 Å². The molecule has 0 saturated carbocycles. The van der Waals surface area contributed by atoms with Crippen molar-refractivity contribution in [3.63, 3.8) is 0 Å². The Hall–Kier alpha value is -2.72. The lowest BCUT2D eigenvalue weighted by Crippen LogP contribution is -2.67. The molecule has 2 aromatic rings. The van der Waals surface area contributed by atoms with E-state index in [0.717, 1.165) is 37.1 Å². The van der Waals surface area contributed by atoms with Gasteiger partial charge in [0, 0.05) is 54.6 Å². The number of rotatable bonds is 3. The van der Waals surface area contributed by atoms with Crippen LogP contribution in [0.15, 0.2) is 48.8 Å². The zero-order valence-electron chi connectivity index (χ0n) is 18.7. The maximum Gasteiger partial charge on any atom is 0.254 e. The van der Waals surface area contributed by atoms with Crippen molar-refractivity contribution in [1.82, 2.24) is 14.8 Å². The molecule has 0 radical (unpaired) electrons. The molecule has 6 nitrogen and oxygen atoms in total. The molecule has 1 aromatic heterocycles. The minimum atomic E-state index is -1.03. The van der Waals surface area contributed by atoms with Crippen LogP contribution in [0.25, 0.3) is 0 Å². The topological polar surface area (TPSA) is 76.9 Å². The molecule has 0 spiro atoms. The van der Waals surface area contributed by atoms with Gasteiger partial charge in [-0.2, -0.15) is 0 Å². The highest BCUT2D eigenvalue weighted by Gasteiger charge is 2.49. The predicted molar refractivity (Wildman–Crippen MR) is 123 cm³/mol. The molecule has 0 aliphatic carbocycles. The van der Waals surface area contributed by atoms with E-state index in [4.69, 9.17) is 0 Å². The fourth-order valence-corrected chi connectivity index (χ4v) is 4.82. The number of aromatic nitrogens is 1. The predicted octanol–water partition coefficient (Wildman–Crippen LogP) is 2.27. The Bertz CT molecular complexity index is 989. The minimum Gasteiger partial charge on any atom is -0.395 e. The summed E-state index contributed by atoms with van der Waals surface area (Å²) >= 11 is 0. The number of fused-ring (bicyclic) bond motifs is 1. The summed E-state index contributed by atoms with van der Waals surface area (Å²) in [5, 5.41) is 19.9. The summed E-state index contributed by atoms with van der Waals surface area (Å²) in [7, 11) is 0. The van der Waals surface area contributed by atoms with Crippen molar-refractivity contribution in [2.24, 2.45) is 0 Å². The molecule has 32 heavy (non-hydrogen) atoms. The third-order valence-electron chi connectivity index (χ3n) is 6.39. The number of benzene rings is 1. The fourth-order valence-electron chi connectivity index (χ4n) is 4.82. The van der Waals surface area contributed by atoms with Gasteiger partial charge in [-0.1, -0.05) is 24.0 Å². The lowest BCUT2D eigenvalue weighted by molar-refractivity contribution is -0.0606. The van der Waals surface area contributed by atoms with Gasteiger partial charge >= 0.3 is 0 Å². The van der Waals surface area contributed by atoms with Gasteiger partial charge in [-0.3, -0.25) is 14.7 Å². The summed E-state index contributed by atoms with van der Waals surface area (Å²) < 4.78 is 0. The number of pyridine rings is 1. The first-order valence-corrected chi connectivity index (χ1v) is 11.3. The van der Waals surface area contributed by atoms with E-state index < -0.39 is 5.60 Å². The molecule has 2 fully saturated rings. The summed E-state index contributed by atoms with van der Waals surface area (Å²) in [5.74, 6) is 6.04. The molecule has 1 amide bonds. The first-order valence-electron chi connectivity index (χ1n) is 11.3. The Kier molecular flexibility index (Phi) is 6.61. The SMILES string of the molecule is CC(C)(O)C#Cc1ccc([C@H]2[C@H](CO)N3CCCCN(C(=O)c4ccncc4)C[C@@H]23)cc1. The second-order valence-electron chi connectivity index (χ2n) is 9.21. The molecule has 0 unspecified atom stereocenters. The third kappa shape index (κ3) is 4.86. The maximum absolute atomic E-state index is 13.1. The van der Waals surface area contributed by atoms with Crippen LogP contribution in [0.1, 0.15) is 54.1 Å². The van der Waals surface area contributed by atoms with E-state index >= 15 is 0 Å². The van der Waals surface area contributed by atoms with Crippen molar-refractivity contribution in [2.45, 2.75) is 50.3 Å². The van der Waals surface area contributed by atoms with E-state index in [1.165, 1.54) is 0 Å². The average molecular weight is 434 g/mol. The van der Waals surface area contributed by atoms with Gasteiger partial charge in [-0.25, -0.2) is 0 Å². The zero-order valence-corrected chi connectivity index (χ0v) is 18.7. The molecule has 6 heteroatoms. The third-order valence-corrected chi connectivity index (χ3v) is 6.39. The van der Waals surface area contributed by atoms with Crippen LogP contribution in [-0.4, -0.2) is 74.8 Å². The molecule has 1 aromatic carbocycles. The van der Waals surface area contributed by atoms with Gasteiger partial charge in [0.2, 0.25) is 0 Å². The average Bonchev–Trinajstić information content (AvgIpc) is 2.77. The number of aliphatic hydroxyl groups excluding tert-OH is 1. The van der Waals surface area contributed by atoms with E-state index in [9.17, 15) is 15.0 Å². The Morgan fingerprint density at radius 1 is 1.12 bits per heavy atom. The summed E-state index contributed by atoms with van der Waals surface area (Å²) in [6.45, 7) is 5.75. The fraction of sp³-hybridized carbons (Fsp3) is 0.462. The Morgan fingerprint density at radius 2 is 1.81 bits per heavy atom. The first-order chi connectivity index (χ1) is 15.4. The van der Waals surface area contributed by atoms with Gasteiger partial charge in [0.05, 0.1) is 6.61 Å².